The van der Waals surface area contributed by atoms with Crippen LogP contribution in [0.2, 0.25) is 0 Å². The zero-order valence-electron chi connectivity index (χ0n) is 21.5. The van der Waals surface area contributed by atoms with Crippen LogP contribution in [-0.4, -0.2) is 47.5 Å². The number of aromatic nitrogens is 1. The molecule has 6 nitrogen and oxygen atoms in total. The number of nitrogens with one attached hydrogen (secondary N) is 1. The molecule has 214 valence electrons. The highest BCUT2D eigenvalue weighted by molar-refractivity contribution is 9.10. The molecule has 4 rings (SSSR count). The Morgan fingerprint density at radius 3 is 2.60 bits per heavy atom. The predicted molar refractivity (Wildman–Crippen MR) is 144 cm³/mol. The molecule has 1 saturated heterocycles. The number of amides is 1. The third-order valence-electron chi connectivity index (χ3n) is 7.01. The lowest BCUT2D eigenvalue weighted by Gasteiger charge is -2.34. The van der Waals surface area contributed by atoms with Crippen molar-refractivity contribution in [3.05, 3.63) is 69.2 Å². The van der Waals surface area contributed by atoms with E-state index in [1.165, 1.54) is 23.1 Å². The van der Waals surface area contributed by atoms with Crippen molar-refractivity contribution < 1.29 is 36.6 Å². The summed E-state index contributed by atoms with van der Waals surface area (Å²) in [4.78, 5) is 30.9. The number of halogens is 6. The number of alkyl halides is 5. The van der Waals surface area contributed by atoms with Crippen molar-refractivity contribution in [3.63, 3.8) is 0 Å². The Bertz CT molecular complexity index is 1430. The first-order valence-electron chi connectivity index (χ1n) is 12.7. The summed E-state index contributed by atoms with van der Waals surface area (Å²) in [5.74, 6) is -5.42. The van der Waals surface area contributed by atoms with Crippen LogP contribution in [0.25, 0.3) is 10.9 Å². The van der Waals surface area contributed by atoms with Crippen LogP contribution < -0.4 is 10.2 Å². The summed E-state index contributed by atoms with van der Waals surface area (Å²) in [7, 11) is 0. The predicted octanol–water partition coefficient (Wildman–Crippen LogP) is 6.94. The van der Waals surface area contributed by atoms with Gasteiger partial charge in [-0.25, -0.2) is 13.8 Å². The lowest BCUT2D eigenvalue weighted by atomic mass is 9.89. The van der Waals surface area contributed by atoms with E-state index < -0.39 is 48.4 Å². The molecule has 1 atom stereocenters. The summed E-state index contributed by atoms with van der Waals surface area (Å²) in [6.45, 7) is 1.12. The van der Waals surface area contributed by atoms with Gasteiger partial charge in [0.2, 0.25) is 0 Å². The molecule has 1 fully saturated rings. The number of carboxylic acids is 1. The molecule has 0 unspecified atom stereocenters. The van der Waals surface area contributed by atoms with Crippen molar-refractivity contribution >= 4 is 44.5 Å². The second-order valence-corrected chi connectivity index (χ2v) is 10.8. The molecule has 40 heavy (non-hydrogen) atoms. The van der Waals surface area contributed by atoms with E-state index >= 15 is 0 Å². The van der Waals surface area contributed by atoms with Crippen molar-refractivity contribution in [2.75, 3.05) is 24.5 Å². The Morgan fingerprint density at radius 2 is 1.93 bits per heavy atom. The molecule has 0 aliphatic carbocycles. The summed E-state index contributed by atoms with van der Waals surface area (Å²) >= 11 is 3.37. The van der Waals surface area contributed by atoms with Gasteiger partial charge in [-0.2, -0.15) is 13.2 Å². The van der Waals surface area contributed by atoms with E-state index in [1.807, 2.05) is 0 Å². The molecule has 0 saturated carbocycles. The number of anilines is 1. The summed E-state index contributed by atoms with van der Waals surface area (Å²) in [6.07, 6.45) is -5.20. The largest absolute Gasteiger partial charge is 0.481 e. The minimum Gasteiger partial charge on any atom is -0.481 e. The van der Waals surface area contributed by atoms with E-state index in [2.05, 4.69) is 26.2 Å². The number of aliphatic carboxylic acids is 1. The van der Waals surface area contributed by atoms with E-state index in [4.69, 9.17) is 0 Å². The first kappa shape index (κ1) is 29.7. The molecule has 1 aliphatic rings. The highest BCUT2D eigenvalue weighted by Crippen LogP contribution is 2.37. The topological polar surface area (TPSA) is 82.5 Å². The quantitative estimate of drug-likeness (QED) is 0.264. The van der Waals surface area contributed by atoms with Gasteiger partial charge in [0, 0.05) is 47.3 Å². The van der Waals surface area contributed by atoms with Crippen molar-refractivity contribution in [1.29, 1.82) is 0 Å². The number of hydrogen-bond acceptors (Lipinski definition) is 4. The third-order valence-corrected chi connectivity index (χ3v) is 7.50. The molecule has 1 amide bonds. The van der Waals surface area contributed by atoms with Crippen LogP contribution in [0.15, 0.2) is 46.9 Å². The summed E-state index contributed by atoms with van der Waals surface area (Å²) in [6, 6.07) is 9.89. The van der Waals surface area contributed by atoms with Gasteiger partial charge in [-0.05, 0) is 49.6 Å². The van der Waals surface area contributed by atoms with Crippen LogP contribution in [0.1, 0.15) is 58.6 Å². The van der Waals surface area contributed by atoms with Gasteiger partial charge < -0.3 is 15.3 Å². The van der Waals surface area contributed by atoms with Gasteiger partial charge in [0.25, 0.3) is 11.8 Å². The molecule has 12 heteroatoms. The second-order valence-electron chi connectivity index (χ2n) is 9.90. The molecular weight excluding hydrogens is 601 g/mol. The van der Waals surface area contributed by atoms with Gasteiger partial charge in [-0.1, -0.05) is 34.1 Å². The molecule has 2 N–H and O–H groups in total. The number of fused-ring (bicyclic) bond motifs is 1. The van der Waals surface area contributed by atoms with Gasteiger partial charge in [-0.15, -0.1) is 0 Å². The lowest BCUT2D eigenvalue weighted by molar-refractivity contribution is -0.138. The van der Waals surface area contributed by atoms with Gasteiger partial charge in [0.1, 0.15) is 5.82 Å². The fourth-order valence-electron chi connectivity index (χ4n) is 5.15. The number of piperidine rings is 1. The molecule has 0 radical (unpaired) electrons. The Labute approximate surface area is 235 Å². The van der Waals surface area contributed by atoms with Crippen LogP contribution in [-0.2, 0) is 11.0 Å². The molecule has 2 heterocycles. The maximum atomic E-state index is 14.2. The first-order chi connectivity index (χ1) is 18.8. The summed E-state index contributed by atoms with van der Waals surface area (Å²) in [5, 5.41) is 12.3. The molecule has 1 aliphatic heterocycles. The Balaban J connectivity index is 1.71. The number of carbonyl (C=O) groups is 2. The highest BCUT2D eigenvalue weighted by atomic mass is 79.9. The number of pyridine rings is 1. The molecular formula is C28H27BrF5N3O3. The Kier molecular flexibility index (Phi) is 8.67. The molecule has 0 bridgehead atoms. The number of rotatable bonds is 8. The third kappa shape index (κ3) is 6.71. The van der Waals surface area contributed by atoms with E-state index in [0.717, 1.165) is 6.07 Å². The van der Waals surface area contributed by atoms with Gasteiger partial charge in [0.15, 0.2) is 0 Å². The van der Waals surface area contributed by atoms with Crippen molar-refractivity contribution in [2.45, 2.75) is 50.6 Å². The van der Waals surface area contributed by atoms with Gasteiger partial charge in [0.05, 0.1) is 23.2 Å². The van der Waals surface area contributed by atoms with Gasteiger partial charge in [-0.3, -0.25) is 9.59 Å². The van der Waals surface area contributed by atoms with Crippen molar-refractivity contribution in [2.24, 2.45) is 0 Å². The monoisotopic (exact) mass is 627 g/mol. The maximum Gasteiger partial charge on any atom is 0.416 e. The number of carbonyl (C=O) groups excluding carboxylic acids is 1. The normalized spacial score (nSPS) is 16.1. The molecule has 2 aromatic carbocycles. The summed E-state index contributed by atoms with van der Waals surface area (Å²) < 4.78 is 70.3. The maximum absolute atomic E-state index is 14.2. The molecule has 1 aromatic heterocycles. The van der Waals surface area contributed by atoms with Crippen LogP contribution in [0.5, 0.6) is 0 Å². The summed E-state index contributed by atoms with van der Waals surface area (Å²) in [5.41, 5.74) is -0.100. The average Bonchev–Trinajstić information content (AvgIpc) is 2.87. The van der Waals surface area contributed by atoms with Crippen LogP contribution in [0.3, 0.4) is 0 Å². The fourth-order valence-corrected chi connectivity index (χ4v) is 5.51. The van der Waals surface area contributed by atoms with Gasteiger partial charge >= 0.3 is 12.1 Å². The SMILES string of the molecule is Cc1c(N2CCCC(F)(F)C2)nc2ccc(Br)cc2c1C(=O)NC[C@H](CCC(=O)O)c1ccccc1C(F)(F)F. The number of hydrogen-bond donors (Lipinski definition) is 2. The van der Waals surface area contributed by atoms with Crippen LogP contribution in [0.4, 0.5) is 27.8 Å². The van der Waals surface area contributed by atoms with Crippen molar-refractivity contribution in [1.82, 2.24) is 10.3 Å². The van der Waals surface area contributed by atoms with E-state index in [9.17, 15) is 36.6 Å². The molecule has 0 spiro atoms. The number of benzene rings is 2. The average molecular weight is 628 g/mol. The highest BCUT2D eigenvalue weighted by Gasteiger charge is 2.37. The minimum absolute atomic E-state index is 0.119. The Morgan fingerprint density at radius 1 is 1.20 bits per heavy atom. The van der Waals surface area contributed by atoms with E-state index in [-0.39, 0.29) is 42.8 Å². The number of nitrogens with zero attached hydrogens (tertiary/aromatic N) is 2. The van der Waals surface area contributed by atoms with Crippen LogP contribution >= 0.6 is 15.9 Å². The van der Waals surface area contributed by atoms with Crippen molar-refractivity contribution in [3.8, 4) is 0 Å². The zero-order valence-corrected chi connectivity index (χ0v) is 23.1. The number of carboxylic acid groups (broad SMARTS) is 1. The lowest BCUT2D eigenvalue weighted by Crippen LogP contribution is -2.43. The zero-order chi connectivity index (χ0) is 29.2. The first-order valence-corrected chi connectivity index (χ1v) is 13.4. The second kappa shape index (κ2) is 11.7. The standard InChI is InChI=1S/C28H27BrF5N3O3/c1-16-24(20-13-18(29)8-9-22(20)36-25(16)37-12-4-11-27(30,31)15-37)26(40)35-14-17(7-10-23(38)39)19-5-2-3-6-21(19)28(32,33)34/h2-3,5-6,8-9,13,17H,4,7,10-12,14-15H2,1H3,(H,35,40)(H,38,39)/t17-/m0/s1. The Hall–Kier alpha value is -3.28. The smallest absolute Gasteiger partial charge is 0.416 e. The minimum atomic E-state index is -4.67. The van der Waals surface area contributed by atoms with Crippen LogP contribution in [0, 0.1) is 6.92 Å². The molecule has 3 aromatic rings. The fraction of sp³-hybridized carbons (Fsp3) is 0.393. The van der Waals surface area contributed by atoms with E-state index in [1.54, 1.807) is 25.1 Å². The van der Waals surface area contributed by atoms with E-state index in [0.29, 0.717) is 27.5 Å².